The van der Waals surface area contributed by atoms with Gasteiger partial charge in [-0.3, -0.25) is 9.36 Å². The molecule has 3 aromatic rings. The van der Waals surface area contributed by atoms with Crippen molar-refractivity contribution in [3.8, 4) is 0 Å². The summed E-state index contributed by atoms with van der Waals surface area (Å²) in [6.07, 6.45) is 0. The highest BCUT2D eigenvalue weighted by Gasteiger charge is 2.17. The topological polar surface area (TPSA) is 64.4 Å². The van der Waals surface area contributed by atoms with Crippen LogP contribution in [0.3, 0.4) is 0 Å². The molecule has 0 saturated carbocycles. The molecule has 2 heterocycles. The number of esters is 1. The summed E-state index contributed by atoms with van der Waals surface area (Å²) < 4.78 is 6.46. The molecular weight excluding hydrogens is 362 g/mol. The van der Waals surface area contributed by atoms with Gasteiger partial charge in [0.2, 0.25) is 0 Å². The molecule has 0 amide bonds. The average molecular weight is 385 g/mol. The van der Waals surface area contributed by atoms with Crippen LogP contribution in [0.15, 0.2) is 29.1 Å². The van der Waals surface area contributed by atoms with Crippen LogP contribution in [0.1, 0.15) is 32.2 Å². The van der Waals surface area contributed by atoms with Crippen molar-refractivity contribution >= 4 is 27.5 Å². The van der Waals surface area contributed by atoms with E-state index in [9.17, 15) is 9.59 Å². The van der Waals surface area contributed by atoms with E-state index in [4.69, 9.17) is 9.72 Å². The minimum Gasteiger partial charge on any atom is -0.465 e. The number of fused-ring (bicyclic) bond motifs is 1. The van der Waals surface area contributed by atoms with E-state index in [1.54, 1.807) is 28.0 Å². The first-order valence-electron chi connectivity index (χ1n) is 8.63. The molecule has 0 fully saturated rings. The lowest BCUT2D eigenvalue weighted by atomic mass is 10.1. The van der Waals surface area contributed by atoms with E-state index in [2.05, 4.69) is 0 Å². The molecule has 27 heavy (non-hydrogen) atoms. The Morgan fingerprint density at radius 2 is 1.89 bits per heavy atom. The highest BCUT2D eigenvalue weighted by Crippen LogP contribution is 2.26. The number of methoxy groups -OCH3 is 1. The summed E-state index contributed by atoms with van der Waals surface area (Å²) in [5, 5.41) is 0.700. The van der Waals surface area contributed by atoms with Crippen molar-refractivity contribution in [2.75, 3.05) is 21.2 Å². The predicted octanol–water partition coefficient (Wildman–Crippen LogP) is 2.97. The van der Waals surface area contributed by atoms with Gasteiger partial charge in [-0.25, -0.2) is 9.78 Å². The first-order chi connectivity index (χ1) is 12.8. The number of benzene rings is 1. The molecule has 0 spiro atoms. The fourth-order valence-corrected chi connectivity index (χ4v) is 4.02. The number of carbonyl (C=O) groups excluding carboxylic acids is 1. The van der Waals surface area contributed by atoms with Gasteiger partial charge in [-0.15, -0.1) is 11.3 Å². The molecule has 0 aliphatic carbocycles. The Hall–Kier alpha value is -2.51. The molecule has 0 radical (unpaired) electrons. The Bertz CT molecular complexity index is 1050. The van der Waals surface area contributed by atoms with Crippen molar-refractivity contribution in [1.29, 1.82) is 0 Å². The third kappa shape index (κ3) is 3.79. The van der Waals surface area contributed by atoms with Gasteiger partial charge in [0.15, 0.2) is 0 Å². The maximum absolute atomic E-state index is 13.2. The molecule has 3 rings (SSSR count). The van der Waals surface area contributed by atoms with Crippen LogP contribution in [0.25, 0.3) is 10.2 Å². The summed E-state index contributed by atoms with van der Waals surface area (Å²) in [5.74, 6) is 0.357. The van der Waals surface area contributed by atoms with Gasteiger partial charge in [-0.05, 0) is 51.2 Å². The highest BCUT2D eigenvalue weighted by molar-refractivity contribution is 7.18. The summed E-state index contributed by atoms with van der Waals surface area (Å²) in [5.41, 5.74) is 2.39. The lowest BCUT2D eigenvalue weighted by Crippen LogP contribution is -2.28. The Morgan fingerprint density at radius 1 is 1.22 bits per heavy atom. The second-order valence-electron chi connectivity index (χ2n) is 6.81. The highest BCUT2D eigenvalue weighted by atomic mass is 32.1. The van der Waals surface area contributed by atoms with Crippen molar-refractivity contribution in [3.05, 3.63) is 62.0 Å². The Labute approximate surface area is 162 Å². The van der Waals surface area contributed by atoms with Gasteiger partial charge in [0.25, 0.3) is 5.56 Å². The van der Waals surface area contributed by atoms with Gasteiger partial charge in [0.05, 0.1) is 31.1 Å². The second-order valence-corrected chi connectivity index (χ2v) is 8.01. The molecular formula is C20H23N3O3S. The summed E-state index contributed by atoms with van der Waals surface area (Å²) >= 11 is 1.56. The smallest absolute Gasteiger partial charge is 0.337 e. The molecule has 142 valence electrons. The van der Waals surface area contributed by atoms with E-state index in [0.717, 1.165) is 26.7 Å². The van der Waals surface area contributed by atoms with E-state index < -0.39 is 0 Å². The standard InChI is InChI=1S/C20H23N3O3S/c1-12-13(2)27-18-17(12)19(24)23(16(21-18)11-22(3)4)10-14-6-8-15(9-7-14)20(25)26-5/h6-9H,10-11H2,1-5H3. The van der Waals surface area contributed by atoms with Gasteiger partial charge in [0.1, 0.15) is 10.7 Å². The van der Waals surface area contributed by atoms with Crippen molar-refractivity contribution in [3.63, 3.8) is 0 Å². The molecule has 0 unspecified atom stereocenters. The molecule has 1 aromatic carbocycles. The summed E-state index contributed by atoms with van der Waals surface area (Å²) in [6, 6.07) is 7.11. The lowest BCUT2D eigenvalue weighted by Gasteiger charge is -2.16. The number of ether oxygens (including phenoxy) is 1. The van der Waals surface area contributed by atoms with Crippen molar-refractivity contribution < 1.29 is 9.53 Å². The number of hydrogen-bond donors (Lipinski definition) is 0. The predicted molar refractivity (Wildman–Crippen MR) is 108 cm³/mol. The third-order valence-corrected chi connectivity index (χ3v) is 5.64. The minimum atomic E-state index is -0.375. The maximum Gasteiger partial charge on any atom is 0.337 e. The van der Waals surface area contributed by atoms with Crippen LogP contribution in [0.2, 0.25) is 0 Å². The Kier molecular flexibility index (Phi) is 5.43. The zero-order chi connectivity index (χ0) is 19.7. The van der Waals surface area contributed by atoms with Crippen LogP contribution in [0.5, 0.6) is 0 Å². The molecule has 0 atom stereocenters. The quantitative estimate of drug-likeness (QED) is 0.632. The lowest BCUT2D eigenvalue weighted by molar-refractivity contribution is 0.0600. The molecule has 0 saturated heterocycles. The fraction of sp³-hybridized carbons (Fsp3) is 0.350. The fourth-order valence-electron chi connectivity index (χ4n) is 2.98. The second kappa shape index (κ2) is 7.62. The minimum absolute atomic E-state index is 0.0178. The third-order valence-electron chi connectivity index (χ3n) is 4.54. The van der Waals surface area contributed by atoms with Crippen LogP contribution >= 0.6 is 11.3 Å². The van der Waals surface area contributed by atoms with E-state index in [0.29, 0.717) is 24.0 Å². The van der Waals surface area contributed by atoms with Crippen molar-refractivity contribution in [1.82, 2.24) is 14.5 Å². The molecule has 0 bridgehead atoms. The zero-order valence-corrected chi connectivity index (χ0v) is 17.0. The zero-order valence-electron chi connectivity index (χ0n) is 16.2. The summed E-state index contributed by atoms with van der Waals surface area (Å²) in [7, 11) is 5.27. The number of nitrogens with zero attached hydrogens (tertiary/aromatic N) is 3. The number of hydrogen-bond acceptors (Lipinski definition) is 6. The Balaban J connectivity index is 2.08. The Morgan fingerprint density at radius 3 is 2.48 bits per heavy atom. The van der Waals surface area contributed by atoms with Crippen LogP contribution in [0.4, 0.5) is 0 Å². The van der Waals surface area contributed by atoms with Crippen LogP contribution in [-0.2, 0) is 17.8 Å². The van der Waals surface area contributed by atoms with Crippen LogP contribution < -0.4 is 5.56 Å². The molecule has 6 nitrogen and oxygen atoms in total. The summed E-state index contributed by atoms with van der Waals surface area (Å²) in [6.45, 7) is 4.96. The first kappa shape index (κ1) is 19.3. The van der Waals surface area contributed by atoms with Gasteiger partial charge in [-0.2, -0.15) is 0 Å². The van der Waals surface area contributed by atoms with Gasteiger partial charge in [-0.1, -0.05) is 12.1 Å². The monoisotopic (exact) mass is 385 g/mol. The van der Waals surface area contributed by atoms with E-state index in [1.807, 2.05) is 45.0 Å². The molecule has 0 N–H and O–H groups in total. The number of aryl methyl sites for hydroxylation is 2. The van der Waals surface area contributed by atoms with E-state index in [1.165, 1.54) is 7.11 Å². The van der Waals surface area contributed by atoms with Crippen molar-refractivity contribution in [2.45, 2.75) is 26.9 Å². The number of aromatic nitrogens is 2. The molecule has 2 aromatic heterocycles. The van der Waals surface area contributed by atoms with Gasteiger partial charge >= 0.3 is 5.97 Å². The average Bonchev–Trinajstić information content (AvgIpc) is 2.91. The van der Waals surface area contributed by atoms with Crippen LogP contribution in [-0.4, -0.2) is 41.6 Å². The number of carbonyl (C=O) groups is 1. The van der Waals surface area contributed by atoms with Crippen LogP contribution in [0, 0.1) is 13.8 Å². The molecule has 0 aliphatic rings. The first-order valence-corrected chi connectivity index (χ1v) is 9.45. The maximum atomic E-state index is 13.2. The van der Waals surface area contributed by atoms with E-state index >= 15 is 0 Å². The number of thiophene rings is 1. The molecule has 0 aliphatic heterocycles. The largest absolute Gasteiger partial charge is 0.465 e. The van der Waals surface area contributed by atoms with Gasteiger partial charge in [0, 0.05) is 4.88 Å². The number of rotatable bonds is 5. The molecule has 7 heteroatoms. The van der Waals surface area contributed by atoms with Gasteiger partial charge < -0.3 is 9.64 Å². The SMILES string of the molecule is COC(=O)c1ccc(Cn2c(CN(C)C)nc3sc(C)c(C)c3c2=O)cc1. The summed E-state index contributed by atoms with van der Waals surface area (Å²) in [4.78, 5) is 33.5. The van der Waals surface area contributed by atoms with Crippen molar-refractivity contribution in [2.24, 2.45) is 0 Å². The normalized spacial score (nSPS) is 11.3. The van der Waals surface area contributed by atoms with E-state index in [-0.39, 0.29) is 11.5 Å².